The van der Waals surface area contributed by atoms with Gasteiger partial charge in [0.2, 0.25) is 0 Å². The first kappa shape index (κ1) is 24.1. The van der Waals surface area contributed by atoms with Crippen molar-refractivity contribution in [3.05, 3.63) is 87.9 Å². The molecule has 0 aliphatic heterocycles. The van der Waals surface area contributed by atoms with Crippen molar-refractivity contribution in [2.45, 2.75) is 20.0 Å². The fourth-order valence-electron chi connectivity index (χ4n) is 3.07. The minimum Gasteiger partial charge on any atom is -0.452 e. The van der Waals surface area contributed by atoms with Crippen LogP contribution in [0.2, 0.25) is 5.02 Å². The Kier molecular flexibility index (Phi) is 7.28. The molecule has 3 aromatic carbocycles. The van der Waals surface area contributed by atoms with Gasteiger partial charge in [-0.1, -0.05) is 41.9 Å². The molecule has 172 valence electrons. The number of aryl methyl sites for hydroxylation is 1. The Balaban J connectivity index is 1.71. The molecule has 33 heavy (non-hydrogen) atoms. The molecule has 3 rings (SSSR count). The maximum Gasteiger partial charge on any atom is 0.418 e. The molecule has 0 aliphatic carbocycles. The van der Waals surface area contributed by atoms with Gasteiger partial charge in [0.15, 0.2) is 6.61 Å². The van der Waals surface area contributed by atoms with E-state index < -0.39 is 35.9 Å². The molecule has 9 heteroatoms. The Bertz CT molecular complexity index is 1200. The molecule has 0 saturated carbocycles. The minimum absolute atomic E-state index is 0.167. The van der Waals surface area contributed by atoms with Gasteiger partial charge in [-0.15, -0.1) is 0 Å². The summed E-state index contributed by atoms with van der Waals surface area (Å²) < 4.78 is 44.6. The number of esters is 1. The molecular formula is C24H20ClF3N2O3. The second-order valence-corrected chi connectivity index (χ2v) is 7.61. The summed E-state index contributed by atoms with van der Waals surface area (Å²) in [5.74, 6) is -1.77. The molecule has 1 amide bonds. The summed E-state index contributed by atoms with van der Waals surface area (Å²) in [5.41, 5.74) is 1.80. The highest BCUT2D eigenvalue weighted by atomic mass is 35.5. The zero-order valence-electron chi connectivity index (χ0n) is 17.7. The van der Waals surface area contributed by atoms with E-state index in [1.807, 2.05) is 32.0 Å². The van der Waals surface area contributed by atoms with Crippen molar-refractivity contribution < 1.29 is 27.5 Å². The first-order chi connectivity index (χ1) is 15.6. The van der Waals surface area contributed by atoms with Gasteiger partial charge >= 0.3 is 12.1 Å². The van der Waals surface area contributed by atoms with Crippen LogP contribution in [0.25, 0.3) is 0 Å². The second-order valence-electron chi connectivity index (χ2n) is 7.20. The van der Waals surface area contributed by atoms with Crippen LogP contribution in [0.4, 0.5) is 30.2 Å². The first-order valence-electron chi connectivity index (χ1n) is 9.83. The molecule has 0 unspecified atom stereocenters. The molecule has 0 saturated heterocycles. The molecule has 0 heterocycles. The Morgan fingerprint density at radius 2 is 1.61 bits per heavy atom. The number of ether oxygens (including phenoxy) is 1. The number of rotatable bonds is 6. The smallest absolute Gasteiger partial charge is 0.418 e. The van der Waals surface area contributed by atoms with Gasteiger partial charge in [-0.2, -0.15) is 13.2 Å². The number of carbonyl (C=O) groups is 2. The predicted molar refractivity (Wildman–Crippen MR) is 121 cm³/mol. The SMILES string of the molecule is Cc1cccc(Nc2ccccc2C(=O)OCC(=O)Nc2c(Cl)cccc2C(F)(F)F)c1C. The zero-order valence-corrected chi connectivity index (χ0v) is 18.5. The van der Waals surface area contributed by atoms with Crippen molar-refractivity contribution in [1.29, 1.82) is 0 Å². The maximum absolute atomic E-state index is 13.2. The van der Waals surface area contributed by atoms with E-state index in [0.717, 1.165) is 28.9 Å². The van der Waals surface area contributed by atoms with E-state index in [0.29, 0.717) is 5.69 Å². The van der Waals surface area contributed by atoms with Gasteiger partial charge in [0.1, 0.15) is 0 Å². The first-order valence-corrected chi connectivity index (χ1v) is 10.2. The summed E-state index contributed by atoms with van der Waals surface area (Å²) >= 11 is 5.83. The molecule has 3 aromatic rings. The summed E-state index contributed by atoms with van der Waals surface area (Å²) in [6, 6.07) is 15.4. The van der Waals surface area contributed by atoms with E-state index in [4.69, 9.17) is 16.3 Å². The van der Waals surface area contributed by atoms with Gasteiger partial charge in [-0.05, 0) is 55.3 Å². The molecule has 2 N–H and O–H groups in total. The van der Waals surface area contributed by atoms with E-state index in [2.05, 4.69) is 10.6 Å². The number of carbonyl (C=O) groups excluding carboxylic acids is 2. The Morgan fingerprint density at radius 3 is 2.33 bits per heavy atom. The summed E-state index contributed by atoms with van der Waals surface area (Å²) in [6.07, 6.45) is -4.72. The zero-order chi connectivity index (χ0) is 24.2. The molecular weight excluding hydrogens is 457 g/mol. The van der Waals surface area contributed by atoms with Crippen LogP contribution in [0.15, 0.2) is 60.7 Å². The lowest BCUT2D eigenvalue weighted by Crippen LogP contribution is -2.23. The Hall–Kier alpha value is -3.52. The van der Waals surface area contributed by atoms with Crippen LogP contribution in [0.5, 0.6) is 0 Å². The lowest BCUT2D eigenvalue weighted by molar-refractivity contribution is -0.137. The average Bonchev–Trinajstić information content (AvgIpc) is 2.76. The highest BCUT2D eigenvalue weighted by Crippen LogP contribution is 2.38. The number of benzene rings is 3. The number of hydrogen-bond acceptors (Lipinski definition) is 4. The highest BCUT2D eigenvalue weighted by molar-refractivity contribution is 6.34. The third-order valence-electron chi connectivity index (χ3n) is 4.94. The van der Waals surface area contributed by atoms with Gasteiger partial charge in [-0.25, -0.2) is 4.79 Å². The van der Waals surface area contributed by atoms with Crippen LogP contribution in [-0.2, 0) is 15.7 Å². The number of alkyl halides is 3. The number of nitrogens with one attached hydrogen (secondary N) is 2. The van der Waals surface area contributed by atoms with Crippen molar-refractivity contribution >= 4 is 40.5 Å². The fourth-order valence-corrected chi connectivity index (χ4v) is 3.30. The molecule has 0 radical (unpaired) electrons. The van der Waals surface area contributed by atoms with Crippen molar-refractivity contribution in [2.24, 2.45) is 0 Å². The third kappa shape index (κ3) is 5.84. The molecule has 0 bridgehead atoms. The van der Waals surface area contributed by atoms with Crippen LogP contribution in [0.3, 0.4) is 0 Å². The molecule has 5 nitrogen and oxygen atoms in total. The number of anilines is 3. The lowest BCUT2D eigenvalue weighted by Gasteiger charge is -2.16. The highest BCUT2D eigenvalue weighted by Gasteiger charge is 2.34. The van der Waals surface area contributed by atoms with Crippen molar-refractivity contribution in [3.8, 4) is 0 Å². The standard InChI is InChI=1S/C24H20ClF3N2O3/c1-14-7-5-12-19(15(14)2)29-20-11-4-3-8-16(20)23(32)33-13-21(31)30-22-17(24(26,27)28)9-6-10-18(22)25/h3-12,29H,13H2,1-2H3,(H,30,31). The van der Waals surface area contributed by atoms with E-state index in [1.54, 1.807) is 18.2 Å². The van der Waals surface area contributed by atoms with Gasteiger partial charge in [-0.3, -0.25) is 4.79 Å². The molecule has 0 aromatic heterocycles. The van der Waals surface area contributed by atoms with Gasteiger partial charge in [0.05, 0.1) is 27.5 Å². The summed E-state index contributed by atoms with van der Waals surface area (Å²) in [5, 5.41) is 4.97. The Labute approximate surface area is 193 Å². The number of halogens is 4. The monoisotopic (exact) mass is 476 g/mol. The second kappa shape index (κ2) is 9.95. The Morgan fingerprint density at radius 1 is 0.939 bits per heavy atom. The number of amides is 1. The van der Waals surface area contributed by atoms with Gasteiger partial charge < -0.3 is 15.4 Å². The van der Waals surface area contributed by atoms with Crippen LogP contribution in [0.1, 0.15) is 27.0 Å². The van der Waals surface area contributed by atoms with E-state index in [-0.39, 0.29) is 10.6 Å². The molecule has 0 aliphatic rings. The molecule has 0 atom stereocenters. The van der Waals surface area contributed by atoms with E-state index in [1.165, 1.54) is 12.1 Å². The minimum atomic E-state index is -4.72. The topological polar surface area (TPSA) is 67.4 Å². The van der Waals surface area contributed by atoms with Gasteiger partial charge in [0, 0.05) is 5.69 Å². The fraction of sp³-hybridized carbons (Fsp3) is 0.167. The number of para-hydroxylation sites is 2. The molecule has 0 spiro atoms. The summed E-state index contributed by atoms with van der Waals surface area (Å²) in [6.45, 7) is 3.11. The quantitative estimate of drug-likeness (QED) is 0.398. The van der Waals surface area contributed by atoms with Crippen molar-refractivity contribution in [1.82, 2.24) is 0 Å². The van der Waals surface area contributed by atoms with Crippen LogP contribution < -0.4 is 10.6 Å². The number of hydrogen-bond donors (Lipinski definition) is 2. The van der Waals surface area contributed by atoms with Crippen molar-refractivity contribution in [3.63, 3.8) is 0 Å². The van der Waals surface area contributed by atoms with Crippen LogP contribution in [0, 0.1) is 13.8 Å². The molecule has 0 fully saturated rings. The third-order valence-corrected chi connectivity index (χ3v) is 5.25. The van der Waals surface area contributed by atoms with Crippen molar-refractivity contribution in [2.75, 3.05) is 17.2 Å². The van der Waals surface area contributed by atoms with Crippen LogP contribution in [-0.4, -0.2) is 18.5 Å². The van der Waals surface area contributed by atoms with E-state index >= 15 is 0 Å². The lowest BCUT2D eigenvalue weighted by atomic mass is 10.1. The normalized spacial score (nSPS) is 11.1. The largest absolute Gasteiger partial charge is 0.452 e. The van der Waals surface area contributed by atoms with E-state index in [9.17, 15) is 22.8 Å². The average molecular weight is 477 g/mol. The maximum atomic E-state index is 13.2. The predicted octanol–water partition coefficient (Wildman–Crippen LogP) is 6.51. The summed E-state index contributed by atoms with van der Waals surface area (Å²) in [7, 11) is 0. The van der Waals surface area contributed by atoms with Crippen LogP contribution >= 0.6 is 11.6 Å². The van der Waals surface area contributed by atoms with Gasteiger partial charge in [0.25, 0.3) is 5.91 Å². The summed E-state index contributed by atoms with van der Waals surface area (Å²) in [4.78, 5) is 24.8.